The molecule has 84 valence electrons. The van der Waals surface area contributed by atoms with Gasteiger partial charge in [-0.3, -0.25) is 0 Å². The van der Waals surface area contributed by atoms with Crippen LogP contribution in [0.3, 0.4) is 0 Å². The minimum Gasteiger partial charge on any atom is -0.437 e. The number of alkyl halides is 1. The van der Waals surface area contributed by atoms with Crippen molar-refractivity contribution in [1.82, 2.24) is 0 Å². The summed E-state index contributed by atoms with van der Waals surface area (Å²) in [5.41, 5.74) is 0. The Morgan fingerprint density at radius 1 is 1.36 bits per heavy atom. The fourth-order valence-corrected chi connectivity index (χ4v) is 1.55. The van der Waals surface area contributed by atoms with Gasteiger partial charge in [0.15, 0.2) is 0 Å². The van der Waals surface area contributed by atoms with Crippen LogP contribution in [0.2, 0.25) is 0 Å². The van der Waals surface area contributed by atoms with Crippen molar-refractivity contribution >= 4 is 28.7 Å². The highest BCUT2D eigenvalue weighted by molar-refractivity contribution is 14.1. The molecule has 0 spiro atoms. The first kappa shape index (κ1) is 14.0. The van der Waals surface area contributed by atoms with Gasteiger partial charge >= 0.3 is 6.16 Å². The average Bonchev–Trinajstić information content (AvgIpc) is 2.21. The molecule has 0 aromatic heterocycles. The minimum absolute atomic E-state index is 0.386. The molecule has 4 nitrogen and oxygen atoms in total. The van der Waals surface area contributed by atoms with Gasteiger partial charge in [0.05, 0.1) is 20.7 Å². The highest BCUT2D eigenvalue weighted by Crippen LogP contribution is 1.96. The minimum atomic E-state index is -0.600. The maximum atomic E-state index is 10.6. The predicted octanol–water partition coefficient (Wildman–Crippen LogP) is 0.847. The summed E-state index contributed by atoms with van der Waals surface area (Å²) in [5, 5.41) is 0. The van der Waals surface area contributed by atoms with E-state index >= 15 is 0 Å². The summed E-state index contributed by atoms with van der Waals surface area (Å²) in [6.45, 7) is 1.42. The second kappa shape index (κ2) is 9.51. The first-order valence-corrected chi connectivity index (χ1v) is 6.31. The van der Waals surface area contributed by atoms with E-state index in [1.807, 2.05) is 7.05 Å². The number of methoxy groups -OCH3 is 1. The lowest BCUT2D eigenvalue weighted by atomic mass is 10.2. The van der Waals surface area contributed by atoms with Gasteiger partial charge in [0.25, 0.3) is 0 Å². The number of nitrogens with one attached hydrogen (secondary N) is 1. The van der Waals surface area contributed by atoms with E-state index in [0.717, 1.165) is 6.54 Å². The van der Waals surface area contributed by atoms with Gasteiger partial charge in [0, 0.05) is 0 Å². The Labute approximate surface area is 99.1 Å². The first-order chi connectivity index (χ1) is 6.70. The third-order valence-electron chi connectivity index (χ3n) is 1.84. The Balaban J connectivity index is 3.27. The van der Waals surface area contributed by atoms with Crippen molar-refractivity contribution in [3.05, 3.63) is 0 Å². The second-order valence-electron chi connectivity index (χ2n) is 3.20. The quantitative estimate of drug-likeness (QED) is 0.249. The molecule has 0 saturated carbocycles. The van der Waals surface area contributed by atoms with E-state index in [2.05, 4.69) is 27.3 Å². The van der Waals surface area contributed by atoms with Crippen LogP contribution in [0, 0.1) is 0 Å². The molecule has 0 radical (unpaired) electrons. The molecule has 0 amide bonds. The van der Waals surface area contributed by atoms with Crippen molar-refractivity contribution in [3.8, 4) is 0 Å². The Morgan fingerprint density at radius 3 is 2.64 bits per heavy atom. The Bertz CT molecular complexity index is 155. The molecule has 1 unspecified atom stereocenters. The van der Waals surface area contributed by atoms with Crippen molar-refractivity contribution < 1.29 is 19.2 Å². The number of hydrogen-bond acceptors (Lipinski definition) is 3. The highest BCUT2D eigenvalue weighted by Gasteiger charge is 2.05. The predicted molar refractivity (Wildman–Crippen MR) is 62.8 cm³/mol. The van der Waals surface area contributed by atoms with Gasteiger partial charge < -0.3 is 14.4 Å². The summed E-state index contributed by atoms with van der Waals surface area (Å²) in [5.74, 6) is 0. The normalized spacial score (nSPS) is 12.2. The van der Waals surface area contributed by atoms with Gasteiger partial charge in [-0.2, -0.15) is 0 Å². The summed E-state index contributed by atoms with van der Waals surface area (Å²) in [4.78, 5) is 11.8. The van der Waals surface area contributed by atoms with E-state index in [1.54, 1.807) is 0 Å². The smallest absolute Gasteiger partial charge is 0.437 e. The zero-order valence-corrected chi connectivity index (χ0v) is 11.0. The second-order valence-corrected chi connectivity index (χ2v) is 4.28. The van der Waals surface area contributed by atoms with Crippen molar-refractivity contribution in [1.29, 1.82) is 0 Å². The number of carbonyl (C=O) groups is 1. The maximum absolute atomic E-state index is 10.6. The number of ether oxygens (including phenoxy) is 2. The monoisotopic (exact) mass is 316 g/mol. The first-order valence-electron chi connectivity index (χ1n) is 4.78. The molecule has 1 atom stereocenters. The van der Waals surface area contributed by atoms with Crippen molar-refractivity contribution in [2.45, 2.75) is 19.3 Å². The van der Waals surface area contributed by atoms with Gasteiger partial charge in [-0.15, -0.1) is 0 Å². The number of rotatable bonds is 7. The number of hydrogen-bond donors (Lipinski definition) is 1. The largest absolute Gasteiger partial charge is 0.512 e. The molecule has 0 rings (SSSR count). The van der Waals surface area contributed by atoms with Crippen molar-refractivity contribution in [2.24, 2.45) is 0 Å². The molecule has 0 aliphatic rings. The van der Waals surface area contributed by atoms with Crippen LogP contribution in [0.4, 0.5) is 4.79 Å². The summed E-state index contributed by atoms with van der Waals surface area (Å²) in [6, 6.07) is 0. The van der Waals surface area contributed by atoms with Gasteiger partial charge in [-0.1, -0.05) is 22.6 Å². The Kier molecular flexibility index (Phi) is 9.49. The van der Waals surface area contributed by atoms with Crippen LogP contribution in [0.1, 0.15) is 19.3 Å². The van der Waals surface area contributed by atoms with E-state index in [-0.39, 0.29) is 0 Å². The van der Waals surface area contributed by atoms with Gasteiger partial charge in [0.2, 0.25) is 6.73 Å². The molecule has 0 aromatic rings. The molecule has 14 heavy (non-hydrogen) atoms. The van der Waals surface area contributed by atoms with Crippen LogP contribution < -0.4 is 4.90 Å². The summed E-state index contributed by atoms with van der Waals surface area (Å²) >= 11 is 2.38. The van der Waals surface area contributed by atoms with Crippen LogP contribution in [0.15, 0.2) is 0 Å². The average molecular weight is 316 g/mol. The van der Waals surface area contributed by atoms with E-state index in [9.17, 15) is 4.79 Å². The third kappa shape index (κ3) is 8.55. The Hall–Kier alpha value is -0.0400. The fourth-order valence-electron chi connectivity index (χ4n) is 1.01. The number of halogens is 1. The molecule has 0 bridgehead atoms. The highest BCUT2D eigenvalue weighted by atomic mass is 127. The van der Waals surface area contributed by atoms with E-state index in [4.69, 9.17) is 4.74 Å². The van der Waals surface area contributed by atoms with Crippen molar-refractivity contribution in [3.63, 3.8) is 0 Å². The van der Waals surface area contributed by atoms with Gasteiger partial charge in [-0.25, -0.2) is 4.79 Å². The van der Waals surface area contributed by atoms with Crippen LogP contribution in [0.5, 0.6) is 0 Å². The zero-order valence-electron chi connectivity index (χ0n) is 8.85. The SMILES string of the molecule is COC(=O)OC[NH+](C)CCCCCI. The van der Waals surface area contributed by atoms with Gasteiger partial charge in [-0.05, 0) is 23.7 Å². The maximum Gasteiger partial charge on any atom is 0.512 e. The lowest BCUT2D eigenvalue weighted by Gasteiger charge is -2.12. The topological polar surface area (TPSA) is 40.0 Å². The lowest BCUT2D eigenvalue weighted by molar-refractivity contribution is -0.898. The number of quaternary nitrogens is 1. The zero-order chi connectivity index (χ0) is 10.8. The van der Waals surface area contributed by atoms with Gasteiger partial charge in [0.1, 0.15) is 0 Å². The number of unbranched alkanes of at least 4 members (excludes halogenated alkanes) is 2. The molecule has 0 aliphatic carbocycles. The summed E-state index contributed by atoms with van der Waals surface area (Å²) in [6.07, 6.45) is 3.10. The summed E-state index contributed by atoms with van der Waals surface area (Å²) < 4.78 is 10.4. The summed E-state index contributed by atoms with van der Waals surface area (Å²) in [7, 11) is 3.32. The van der Waals surface area contributed by atoms with Crippen LogP contribution in [-0.2, 0) is 9.47 Å². The molecule has 0 aromatic carbocycles. The third-order valence-corrected chi connectivity index (χ3v) is 2.60. The van der Waals surface area contributed by atoms with Crippen LogP contribution in [-0.4, -0.2) is 38.0 Å². The molecule has 0 saturated heterocycles. The van der Waals surface area contributed by atoms with E-state index < -0.39 is 6.16 Å². The van der Waals surface area contributed by atoms with Crippen LogP contribution >= 0.6 is 22.6 Å². The van der Waals surface area contributed by atoms with E-state index in [0.29, 0.717) is 6.73 Å². The molecule has 1 N–H and O–H groups in total. The van der Waals surface area contributed by atoms with Crippen LogP contribution in [0.25, 0.3) is 0 Å². The standard InChI is InChI=1S/C9H18INO3/c1-11(7-5-3-4-6-10)8-14-9(12)13-2/h3-8H2,1-2H3/p+1. The molecular weight excluding hydrogens is 297 g/mol. The molecule has 0 fully saturated rings. The lowest BCUT2D eigenvalue weighted by Crippen LogP contribution is -3.09. The molecule has 0 aliphatic heterocycles. The molecular formula is C9H19INO3+. The molecule has 5 heteroatoms. The molecule has 0 heterocycles. The number of carbonyl (C=O) groups excluding carboxylic acids is 1. The van der Waals surface area contributed by atoms with E-state index in [1.165, 1.54) is 35.7 Å². The van der Waals surface area contributed by atoms with Crippen molar-refractivity contribution in [2.75, 3.05) is 31.9 Å². The Morgan fingerprint density at radius 2 is 2.07 bits per heavy atom. The fraction of sp³-hybridized carbons (Fsp3) is 0.889.